The van der Waals surface area contributed by atoms with Gasteiger partial charge in [0.05, 0.1) is 24.1 Å². The van der Waals surface area contributed by atoms with E-state index in [0.717, 1.165) is 16.6 Å². The van der Waals surface area contributed by atoms with Crippen molar-refractivity contribution in [1.29, 1.82) is 0 Å². The number of carbonyl (C=O) groups excluding carboxylic acids is 1. The smallest absolute Gasteiger partial charge is 0.341 e. The lowest BCUT2D eigenvalue weighted by Gasteiger charge is -2.08. The third-order valence-corrected chi connectivity index (χ3v) is 3.75. The molecule has 0 amide bonds. The van der Waals surface area contributed by atoms with E-state index in [4.69, 9.17) is 16.9 Å². The molecule has 1 saturated carbocycles. The minimum absolute atomic E-state index is 0.0443. The van der Waals surface area contributed by atoms with Crippen LogP contribution in [0.25, 0.3) is 0 Å². The molecule has 0 spiro atoms. The standard InChI is InChI=1S/C16H15BrN2O2/c1-3-10-7-13(10)15(14(9-18)16(20)21-2)19-12-6-4-5-11(17)8-12/h1,4-6,8-10,13H,7,18H2,2H3/t10?,13-/m1/s1. The second-order valence-electron chi connectivity index (χ2n) is 4.66. The molecule has 1 aromatic rings. The minimum atomic E-state index is -0.506. The van der Waals surface area contributed by atoms with Crippen LogP contribution in [0.3, 0.4) is 0 Å². The zero-order valence-electron chi connectivity index (χ0n) is 11.5. The Hall–Kier alpha value is -2.06. The van der Waals surface area contributed by atoms with Crippen LogP contribution in [0.1, 0.15) is 6.42 Å². The molecule has 0 radical (unpaired) electrons. The number of nitrogens with two attached hydrogens (primary N) is 1. The Morgan fingerprint density at radius 2 is 2.38 bits per heavy atom. The van der Waals surface area contributed by atoms with Crippen molar-refractivity contribution in [3.63, 3.8) is 0 Å². The van der Waals surface area contributed by atoms with Crippen molar-refractivity contribution >= 4 is 33.3 Å². The molecule has 0 saturated heterocycles. The summed E-state index contributed by atoms with van der Waals surface area (Å²) in [7, 11) is 1.31. The highest BCUT2D eigenvalue weighted by atomic mass is 79.9. The molecule has 4 nitrogen and oxygen atoms in total. The Labute approximate surface area is 132 Å². The fourth-order valence-electron chi connectivity index (χ4n) is 2.08. The van der Waals surface area contributed by atoms with Gasteiger partial charge in [0, 0.05) is 22.5 Å². The molecule has 0 aromatic heterocycles. The molecule has 1 aliphatic rings. The number of ether oxygens (including phenoxy) is 1. The highest BCUT2D eigenvalue weighted by Gasteiger charge is 2.42. The Bertz CT molecular complexity index is 658. The van der Waals surface area contributed by atoms with E-state index in [1.165, 1.54) is 13.3 Å². The lowest BCUT2D eigenvalue weighted by atomic mass is 10.1. The number of nitrogens with zero attached hydrogens (tertiary/aromatic N) is 1. The van der Waals surface area contributed by atoms with Crippen molar-refractivity contribution in [3.05, 3.63) is 40.5 Å². The van der Waals surface area contributed by atoms with E-state index in [1.54, 1.807) is 0 Å². The molecular weight excluding hydrogens is 332 g/mol. The molecule has 1 aromatic carbocycles. The fraction of sp³-hybridized carbons (Fsp3) is 0.250. The largest absolute Gasteiger partial charge is 0.465 e. The van der Waals surface area contributed by atoms with E-state index in [9.17, 15) is 4.79 Å². The number of carbonyl (C=O) groups is 1. The Morgan fingerprint density at radius 1 is 1.62 bits per heavy atom. The third kappa shape index (κ3) is 3.53. The Kier molecular flexibility index (Phi) is 4.81. The number of terminal acetylenes is 1. The number of methoxy groups -OCH3 is 1. The van der Waals surface area contributed by atoms with Crippen LogP contribution in [0.15, 0.2) is 45.5 Å². The number of hydrogen-bond acceptors (Lipinski definition) is 4. The van der Waals surface area contributed by atoms with E-state index in [-0.39, 0.29) is 17.4 Å². The summed E-state index contributed by atoms with van der Waals surface area (Å²) in [5, 5.41) is 0. The van der Waals surface area contributed by atoms with Crippen molar-refractivity contribution in [2.45, 2.75) is 6.42 Å². The average Bonchev–Trinajstić information content (AvgIpc) is 3.26. The topological polar surface area (TPSA) is 64.7 Å². The molecule has 1 aliphatic carbocycles. The lowest BCUT2D eigenvalue weighted by molar-refractivity contribution is -0.135. The monoisotopic (exact) mass is 346 g/mol. The number of rotatable bonds is 4. The summed E-state index contributed by atoms with van der Waals surface area (Å²) in [4.78, 5) is 16.4. The first-order chi connectivity index (χ1) is 10.1. The molecule has 1 fully saturated rings. The van der Waals surface area contributed by atoms with E-state index in [1.807, 2.05) is 24.3 Å². The van der Waals surface area contributed by atoms with Gasteiger partial charge < -0.3 is 10.5 Å². The van der Waals surface area contributed by atoms with Gasteiger partial charge in [0.15, 0.2) is 0 Å². The van der Waals surface area contributed by atoms with Gasteiger partial charge in [0.1, 0.15) is 0 Å². The SMILES string of the molecule is C#CC1C[C@H]1C(=Nc1cccc(Br)c1)C(=CN)C(=O)OC. The first-order valence-electron chi connectivity index (χ1n) is 6.41. The average molecular weight is 347 g/mol. The molecule has 2 atom stereocenters. The molecule has 0 heterocycles. The minimum Gasteiger partial charge on any atom is -0.465 e. The zero-order valence-corrected chi connectivity index (χ0v) is 13.1. The van der Waals surface area contributed by atoms with Gasteiger partial charge in [0.25, 0.3) is 0 Å². The molecule has 5 heteroatoms. The summed E-state index contributed by atoms with van der Waals surface area (Å²) < 4.78 is 5.67. The first kappa shape index (κ1) is 15.3. The number of esters is 1. The maximum atomic E-state index is 11.9. The predicted octanol–water partition coefficient (Wildman–Crippen LogP) is 2.81. The summed E-state index contributed by atoms with van der Waals surface area (Å²) >= 11 is 3.39. The van der Waals surface area contributed by atoms with Gasteiger partial charge in [-0.25, -0.2) is 4.79 Å². The van der Waals surface area contributed by atoms with Crippen LogP contribution in [0, 0.1) is 24.2 Å². The van der Waals surface area contributed by atoms with E-state index >= 15 is 0 Å². The molecule has 1 unspecified atom stereocenters. The van der Waals surface area contributed by atoms with Gasteiger partial charge >= 0.3 is 5.97 Å². The molecule has 2 N–H and O–H groups in total. The van der Waals surface area contributed by atoms with Crippen molar-refractivity contribution < 1.29 is 9.53 Å². The van der Waals surface area contributed by atoms with Gasteiger partial charge in [-0.1, -0.05) is 22.0 Å². The maximum Gasteiger partial charge on any atom is 0.341 e. The zero-order chi connectivity index (χ0) is 15.4. The maximum absolute atomic E-state index is 11.9. The van der Waals surface area contributed by atoms with Gasteiger partial charge in [-0.05, 0) is 24.6 Å². The number of halogens is 1. The quantitative estimate of drug-likeness (QED) is 0.394. The molecular formula is C16H15BrN2O2. The molecule has 0 aliphatic heterocycles. The molecule has 21 heavy (non-hydrogen) atoms. The van der Waals surface area contributed by atoms with Crippen LogP contribution >= 0.6 is 15.9 Å². The van der Waals surface area contributed by atoms with Gasteiger partial charge in [-0.15, -0.1) is 12.3 Å². The summed E-state index contributed by atoms with van der Waals surface area (Å²) in [6.45, 7) is 0. The summed E-state index contributed by atoms with van der Waals surface area (Å²) in [6.07, 6.45) is 7.48. The highest BCUT2D eigenvalue weighted by molar-refractivity contribution is 9.10. The van der Waals surface area contributed by atoms with Crippen LogP contribution in [0.2, 0.25) is 0 Å². The first-order valence-corrected chi connectivity index (χ1v) is 7.20. The van der Waals surface area contributed by atoms with Crippen molar-refractivity contribution in [3.8, 4) is 12.3 Å². The number of benzene rings is 1. The Balaban J connectivity index is 2.42. The van der Waals surface area contributed by atoms with Gasteiger partial charge in [-0.2, -0.15) is 0 Å². The molecule has 2 rings (SSSR count). The second-order valence-corrected chi connectivity index (χ2v) is 5.58. The summed E-state index contributed by atoms with van der Waals surface area (Å²) in [5.74, 6) is 2.32. The van der Waals surface area contributed by atoms with Crippen molar-refractivity contribution in [2.75, 3.05) is 7.11 Å². The van der Waals surface area contributed by atoms with Crippen LogP contribution in [0.5, 0.6) is 0 Å². The predicted molar refractivity (Wildman–Crippen MR) is 86.0 cm³/mol. The molecule has 108 valence electrons. The Morgan fingerprint density at radius 3 is 2.90 bits per heavy atom. The van der Waals surface area contributed by atoms with Crippen molar-refractivity contribution in [2.24, 2.45) is 22.6 Å². The van der Waals surface area contributed by atoms with Gasteiger partial charge in [0.2, 0.25) is 0 Å². The second kappa shape index (κ2) is 6.59. The van der Waals surface area contributed by atoms with Crippen LogP contribution in [0.4, 0.5) is 5.69 Å². The van der Waals surface area contributed by atoms with Gasteiger partial charge in [-0.3, -0.25) is 4.99 Å². The van der Waals surface area contributed by atoms with E-state index in [2.05, 4.69) is 26.8 Å². The lowest BCUT2D eigenvalue weighted by Crippen LogP contribution is -2.18. The number of aliphatic imine (C=N–C) groups is 1. The number of hydrogen-bond donors (Lipinski definition) is 1. The third-order valence-electron chi connectivity index (χ3n) is 3.26. The van der Waals surface area contributed by atoms with Crippen LogP contribution in [-0.2, 0) is 9.53 Å². The van der Waals surface area contributed by atoms with Crippen molar-refractivity contribution in [1.82, 2.24) is 0 Å². The van der Waals surface area contributed by atoms with Crippen LogP contribution in [-0.4, -0.2) is 18.8 Å². The fourth-order valence-corrected chi connectivity index (χ4v) is 2.46. The summed E-state index contributed by atoms with van der Waals surface area (Å²) in [5.41, 5.74) is 7.16. The van der Waals surface area contributed by atoms with E-state index < -0.39 is 5.97 Å². The highest BCUT2D eigenvalue weighted by Crippen LogP contribution is 2.41. The normalized spacial score (nSPS) is 21.6. The molecule has 0 bridgehead atoms. The van der Waals surface area contributed by atoms with E-state index in [0.29, 0.717) is 5.71 Å². The summed E-state index contributed by atoms with van der Waals surface area (Å²) in [6, 6.07) is 7.48. The van der Waals surface area contributed by atoms with Crippen LogP contribution < -0.4 is 5.73 Å².